The van der Waals surface area contributed by atoms with Crippen LogP contribution in [0.5, 0.6) is 0 Å². The average molecular weight is 269 g/mol. The molecule has 2 N–H and O–H groups in total. The van der Waals surface area contributed by atoms with Gasteiger partial charge in [0.05, 0.1) is 25.7 Å². The van der Waals surface area contributed by atoms with E-state index in [1.807, 2.05) is 0 Å². The summed E-state index contributed by atoms with van der Waals surface area (Å²) in [6.45, 7) is -0.807. The van der Waals surface area contributed by atoms with Crippen LogP contribution in [-0.4, -0.2) is 19.4 Å². The number of halogens is 5. The summed E-state index contributed by atoms with van der Waals surface area (Å²) in [5.41, 5.74) is 5.53. The van der Waals surface area contributed by atoms with E-state index in [0.717, 1.165) is 12.1 Å². The molecule has 18 heavy (non-hydrogen) atoms. The fourth-order valence-corrected chi connectivity index (χ4v) is 1.29. The first kappa shape index (κ1) is 14.8. The van der Waals surface area contributed by atoms with Crippen molar-refractivity contribution >= 4 is 0 Å². The highest BCUT2D eigenvalue weighted by molar-refractivity contribution is 5.21. The predicted molar refractivity (Wildman–Crippen MR) is 54.8 cm³/mol. The van der Waals surface area contributed by atoms with Crippen LogP contribution in [0.1, 0.15) is 18.0 Å². The van der Waals surface area contributed by atoms with Crippen molar-refractivity contribution in [1.29, 1.82) is 0 Å². The Labute approximate surface area is 101 Å². The van der Waals surface area contributed by atoms with E-state index in [9.17, 15) is 22.0 Å². The lowest BCUT2D eigenvalue weighted by molar-refractivity contribution is -0.145. The zero-order chi connectivity index (χ0) is 13.8. The third kappa shape index (κ3) is 4.97. The third-order valence-corrected chi connectivity index (χ3v) is 2.19. The van der Waals surface area contributed by atoms with E-state index in [1.165, 1.54) is 0 Å². The molecule has 0 fully saturated rings. The molecule has 0 aliphatic rings. The molecule has 0 bridgehead atoms. The Morgan fingerprint density at radius 2 is 1.89 bits per heavy atom. The number of hydrogen-bond acceptors (Lipinski definition) is 2. The normalized spacial score (nSPS) is 13.7. The molecule has 0 heterocycles. The van der Waals surface area contributed by atoms with Gasteiger partial charge in [-0.3, -0.25) is 0 Å². The van der Waals surface area contributed by atoms with Gasteiger partial charge in [0.25, 0.3) is 0 Å². The van der Waals surface area contributed by atoms with Crippen LogP contribution in [0.4, 0.5) is 22.0 Å². The molecule has 0 aliphatic carbocycles. The fourth-order valence-electron chi connectivity index (χ4n) is 1.29. The highest BCUT2D eigenvalue weighted by Gasteiger charge is 2.26. The maximum Gasteiger partial charge on any atom is 0.391 e. The fraction of sp³-hybridized carbons (Fsp3) is 0.455. The molecule has 0 aromatic heterocycles. The lowest BCUT2D eigenvalue weighted by Gasteiger charge is -2.14. The molecule has 102 valence electrons. The third-order valence-electron chi connectivity index (χ3n) is 2.19. The Hall–Kier alpha value is -1.21. The number of nitrogens with two attached hydrogens (primary N) is 1. The van der Waals surface area contributed by atoms with Crippen molar-refractivity contribution < 1.29 is 26.7 Å². The SMILES string of the molecule is NC(COCCC(F)(F)F)c1ccc(F)cc1F. The molecule has 1 aromatic carbocycles. The summed E-state index contributed by atoms with van der Waals surface area (Å²) in [4.78, 5) is 0. The van der Waals surface area contributed by atoms with Crippen LogP contribution in [0.3, 0.4) is 0 Å². The second-order valence-corrected chi connectivity index (χ2v) is 3.71. The van der Waals surface area contributed by atoms with Crippen LogP contribution >= 0.6 is 0 Å². The van der Waals surface area contributed by atoms with Crippen molar-refractivity contribution in [1.82, 2.24) is 0 Å². The molecule has 1 aromatic rings. The van der Waals surface area contributed by atoms with Gasteiger partial charge in [0, 0.05) is 11.6 Å². The van der Waals surface area contributed by atoms with Gasteiger partial charge in [-0.25, -0.2) is 8.78 Å². The van der Waals surface area contributed by atoms with Gasteiger partial charge in [-0.05, 0) is 6.07 Å². The number of alkyl halides is 3. The van der Waals surface area contributed by atoms with Crippen molar-refractivity contribution in [2.45, 2.75) is 18.6 Å². The summed E-state index contributed by atoms with van der Waals surface area (Å²) in [7, 11) is 0. The molecule has 0 amide bonds. The van der Waals surface area contributed by atoms with Crippen LogP contribution in [0.25, 0.3) is 0 Å². The van der Waals surface area contributed by atoms with E-state index in [-0.39, 0.29) is 12.2 Å². The van der Waals surface area contributed by atoms with Crippen LogP contribution in [0.15, 0.2) is 18.2 Å². The maximum absolute atomic E-state index is 13.2. The summed E-state index contributed by atoms with van der Waals surface area (Å²) < 4.78 is 66.0. The molecule has 0 saturated heterocycles. The summed E-state index contributed by atoms with van der Waals surface area (Å²) in [5, 5.41) is 0. The largest absolute Gasteiger partial charge is 0.391 e. The summed E-state index contributed by atoms with van der Waals surface area (Å²) in [6.07, 6.45) is -5.39. The minimum atomic E-state index is -4.30. The molecule has 7 heteroatoms. The van der Waals surface area contributed by atoms with E-state index in [0.29, 0.717) is 6.07 Å². The number of rotatable bonds is 5. The number of hydrogen-bond donors (Lipinski definition) is 1. The molecule has 0 radical (unpaired) electrons. The first-order valence-electron chi connectivity index (χ1n) is 5.14. The van der Waals surface area contributed by atoms with Crippen molar-refractivity contribution in [2.75, 3.05) is 13.2 Å². The molecule has 0 aliphatic heterocycles. The Morgan fingerprint density at radius 1 is 1.22 bits per heavy atom. The Balaban J connectivity index is 2.43. The predicted octanol–water partition coefficient (Wildman–Crippen LogP) is 2.93. The minimum absolute atomic E-state index is 0.00316. The van der Waals surface area contributed by atoms with Crippen molar-refractivity contribution in [3.05, 3.63) is 35.4 Å². The van der Waals surface area contributed by atoms with Gasteiger partial charge in [0.1, 0.15) is 11.6 Å². The first-order valence-corrected chi connectivity index (χ1v) is 5.14. The van der Waals surface area contributed by atoms with Gasteiger partial charge in [0.2, 0.25) is 0 Å². The second-order valence-electron chi connectivity index (χ2n) is 3.71. The van der Waals surface area contributed by atoms with Crippen LogP contribution in [0, 0.1) is 11.6 Å². The standard InChI is InChI=1S/C11H12F5NO/c12-7-1-2-8(9(13)5-7)10(17)6-18-4-3-11(14,15)16/h1-2,5,10H,3-4,6,17H2. The molecular formula is C11H12F5NO. The van der Waals surface area contributed by atoms with Gasteiger partial charge in [-0.15, -0.1) is 0 Å². The van der Waals surface area contributed by atoms with Gasteiger partial charge >= 0.3 is 6.18 Å². The monoisotopic (exact) mass is 269 g/mol. The summed E-state index contributed by atoms with van der Waals surface area (Å²) >= 11 is 0. The Bertz CT molecular complexity index is 394. The van der Waals surface area contributed by atoms with Crippen molar-refractivity contribution in [3.8, 4) is 0 Å². The Kier molecular flexibility index (Phi) is 5.03. The van der Waals surface area contributed by atoms with Crippen molar-refractivity contribution in [2.24, 2.45) is 5.73 Å². The number of ether oxygens (including phenoxy) is 1. The molecular weight excluding hydrogens is 257 g/mol. The van der Waals surface area contributed by atoms with E-state index < -0.39 is 36.9 Å². The number of benzene rings is 1. The lowest BCUT2D eigenvalue weighted by atomic mass is 10.1. The molecule has 1 rings (SSSR count). The average Bonchev–Trinajstić information content (AvgIpc) is 2.22. The topological polar surface area (TPSA) is 35.2 Å². The minimum Gasteiger partial charge on any atom is -0.379 e. The Morgan fingerprint density at radius 3 is 2.44 bits per heavy atom. The van der Waals surface area contributed by atoms with Crippen LogP contribution in [0.2, 0.25) is 0 Å². The smallest absolute Gasteiger partial charge is 0.379 e. The van der Waals surface area contributed by atoms with Crippen LogP contribution < -0.4 is 5.73 Å². The molecule has 0 spiro atoms. The molecule has 0 saturated carbocycles. The highest BCUT2D eigenvalue weighted by atomic mass is 19.4. The molecule has 1 atom stereocenters. The van der Waals surface area contributed by atoms with E-state index in [4.69, 9.17) is 10.5 Å². The van der Waals surface area contributed by atoms with Gasteiger partial charge in [-0.2, -0.15) is 13.2 Å². The summed E-state index contributed by atoms with van der Waals surface area (Å²) in [5.74, 6) is -1.59. The van der Waals surface area contributed by atoms with Gasteiger partial charge < -0.3 is 10.5 Å². The first-order chi connectivity index (χ1) is 8.29. The lowest BCUT2D eigenvalue weighted by Crippen LogP contribution is -2.20. The molecule has 2 nitrogen and oxygen atoms in total. The van der Waals surface area contributed by atoms with Crippen molar-refractivity contribution in [3.63, 3.8) is 0 Å². The van der Waals surface area contributed by atoms with Gasteiger partial charge in [-0.1, -0.05) is 6.07 Å². The van der Waals surface area contributed by atoms with E-state index >= 15 is 0 Å². The zero-order valence-electron chi connectivity index (χ0n) is 9.31. The van der Waals surface area contributed by atoms with E-state index in [1.54, 1.807) is 0 Å². The maximum atomic E-state index is 13.2. The van der Waals surface area contributed by atoms with Gasteiger partial charge in [0.15, 0.2) is 0 Å². The molecule has 1 unspecified atom stereocenters. The van der Waals surface area contributed by atoms with Crippen LogP contribution in [-0.2, 0) is 4.74 Å². The highest BCUT2D eigenvalue weighted by Crippen LogP contribution is 2.20. The van der Waals surface area contributed by atoms with E-state index in [2.05, 4.69) is 0 Å². The zero-order valence-corrected chi connectivity index (χ0v) is 9.31. The summed E-state index contributed by atoms with van der Waals surface area (Å²) in [6, 6.07) is 1.89. The second kappa shape index (κ2) is 6.10. The quantitative estimate of drug-likeness (QED) is 0.659.